The molecule has 0 N–H and O–H groups in total. The van der Waals surface area contributed by atoms with Crippen molar-refractivity contribution in [3.8, 4) is 0 Å². The molecule has 0 nitrogen and oxygen atoms in total. The van der Waals surface area contributed by atoms with Gasteiger partial charge in [0.05, 0.1) is 0 Å². The van der Waals surface area contributed by atoms with Gasteiger partial charge < -0.3 is 0 Å². The van der Waals surface area contributed by atoms with E-state index in [2.05, 4.69) is 97.1 Å². The van der Waals surface area contributed by atoms with Crippen LogP contribution in [0.5, 0.6) is 0 Å². The van der Waals surface area contributed by atoms with Gasteiger partial charge in [-0.1, -0.05) is 0 Å². The van der Waals surface area contributed by atoms with Crippen LogP contribution in [0.1, 0.15) is 11.1 Å². The van der Waals surface area contributed by atoms with E-state index in [1.807, 2.05) is 0 Å². The van der Waals surface area contributed by atoms with Gasteiger partial charge in [-0.25, -0.2) is 0 Å². The van der Waals surface area contributed by atoms with Crippen LogP contribution in [0.25, 0.3) is 6.08 Å². The fourth-order valence-corrected chi connectivity index (χ4v) is 6.87. The molecular weight excluding hydrogens is 342 g/mol. The van der Waals surface area contributed by atoms with Gasteiger partial charge in [-0.3, -0.25) is 0 Å². The molecular formula is C21H16CoP. The predicted octanol–water partition coefficient (Wildman–Crippen LogP) is 4.55. The van der Waals surface area contributed by atoms with Gasteiger partial charge in [-0.15, -0.1) is 0 Å². The van der Waals surface area contributed by atoms with E-state index in [1.54, 1.807) is 0 Å². The molecule has 1 atom stereocenters. The second kappa shape index (κ2) is 6.09. The zero-order chi connectivity index (χ0) is 15.7. The average molecular weight is 358 g/mol. The third-order valence-electron chi connectivity index (χ3n) is 4.15. The minimum absolute atomic E-state index is 0.276. The molecule has 0 bridgehead atoms. The van der Waals surface area contributed by atoms with Crippen molar-refractivity contribution in [1.82, 2.24) is 0 Å². The Hall–Kier alpha value is -1.66. The summed E-state index contributed by atoms with van der Waals surface area (Å²) in [6, 6.07) is 30.1. The molecule has 0 heterocycles. The number of rotatable bonds is 3. The van der Waals surface area contributed by atoms with E-state index in [0.29, 0.717) is 0 Å². The maximum absolute atomic E-state index is 5.28. The third-order valence-corrected chi connectivity index (χ3v) is 7.95. The summed E-state index contributed by atoms with van der Waals surface area (Å²) in [6.45, 7) is 0. The molecule has 0 saturated carbocycles. The quantitative estimate of drug-likeness (QED) is 0.603. The zero-order valence-electron chi connectivity index (χ0n) is 12.5. The van der Waals surface area contributed by atoms with Crippen LogP contribution in [0.4, 0.5) is 0 Å². The van der Waals surface area contributed by atoms with Crippen LogP contribution >= 0.6 is 7.92 Å². The molecule has 3 aromatic rings. The fourth-order valence-electron chi connectivity index (χ4n) is 3.10. The molecule has 0 fully saturated rings. The summed E-state index contributed by atoms with van der Waals surface area (Å²) in [6.07, 6.45) is 4.48. The summed E-state index contributed by atoms with van der Waals surface area (Å²) in [7, 11) is -0.646. The van der Waals surface area contributed by atoms with Gasteiger partial charge in [-0.05, 0) is 0 Å². The van der Waals surface area contributed by atoms with Crippen molar-refractivity contribution in [1.29, 1.82) is 0 Å². The van der Waals surface area contributed by atoms with Crippen molar-refractivity contribution in [3.05, 3.63) is 102 Å². The molecule has 0 saturated heterocycles. The van der Waals surface area contributed by atoms with E-state index in [9.17, 15) is 0 Å². The first kappa shape index (κ1) is 14.9. The van der Waals surface area contributed by atoms with Gasteiger partial charge in [-0.2, -0.15) is 0 Å². The normalized spacial score (nSPS) is 19.1. The SMILES string of the molecule is [Co][C]1(P(c2ccccc2)c2ccccc2)C=Cc2ccccc21. The Kier molecular flexibility index (Phi) is 3.94. The van der Waals surface area contributed by atoms with E-state index < -0.39 is 7.92 Å². The summed E-state index contributed by atoms with van der Waals surface area (Å²) in [5, 5.41) is 2.70. The van der Waals surface area contributed by atoms with Gasteiger partial charge in [0.2, 0.25) is 0 Å². The monoisotopic (exact) mass is 358 g/mol. The Morgan fingerprint density at radius 2 is 1.17 bits per heavy atom. The maximum atomic E-state index is 5.28. The van der Waals surface area contributed by atoms with Gasteiger partial charge in [0.25, 0.3) is 0 Å². The summed E-state index contributed by atoms with van der Waals surface area (Å²) in [5.74, 6) is 0. The number of hydrogen-bond acceptors (Lipinski definition) is 0. The zero-order valence-corrected chi connectivity index (χ0v) is 14.5. The van der Waals surface area contributed by atoms with Gasteiger partial charge in [0, 0.05) is 0 Å². The second-order valence-corrected chi connectivity index (χ2v) is 9.16. The molecule has 114 valence electrons. The molecule has 2 heteroatoms. The van der Waals surface area contributed by atoms with Crippen molar-refractivity contribution in [2.75, 3.05) is 0 Å². The second-order valence-electron chi connectivity index (χ2n) is 5.57. The van der Waals surface area contributed by atoms with Crippen molar-refractivity contribution in [3.63, 3.8) is 0 Å². The first-order valence-corrected chi connectivity index (χ1v) is 9.51. The Bertz CT molecular complexity index is 802. The average Bonchev–Trinajstić information content (AvgIpc) is 2.95. The summed E-state index contributed by atoms with van der Waals surface area (Å²) < 4.78 is -0.276. The molecule has 1 aliphatic carbocycles. The van der Waals surface area contributed by atoms with E-state index in [1.165, 1.54) is 21.7 Å². The topological polar surface area (TPSA) is 0 Å². The molecule has 0 aliphatic heterocycles. The number of hydrogen-bond donors (Lipinski definition) is 0. The molecule has 1 aliphatic rings. The Morgan fingerprint density at radius 1 is 0.652 bits per heavy atom. The van der Waals surface area contributed by atoms with Crippen LogP contribution in [0.3, 0.4) is 0 Å². The first-order valence-electron chi connectivity index (χ1n) is 7.65. The van der Waals surface area contributed by atoms with Crippen LogP contribution in [0.2, 0.25) is 0 Å². The molecule has 0 spiro atoms. The molecule has 4 rings (SSSR count). The number of fused-ring (bicyclic) bond motifs is 1. The number of allylic oxidation sites excluding steroid dienone is 1. The van der Waals surface area contributed by atoms with E-state index in [-0.39, 0.29) is 4.09 Å². The number of benzene rings is 3. The van der Waals surface area contributed by atoms with Crippen molar-refractivity contribution >= 4 is 24.6 Å². The Labute approximate surface area is 146 Å². The molecule has 3 aromatic carbocycles. The van der Waals surface area contributed by atoms with Gasteiger partial charge in [0.15, 0.2) is 0 Å². The third kappa shape index (κ3) is 2.59. The molecule has 23 heavy (non-hydrogen) atoms. The minimum atomic E-state index is -0.646. The summed E-state index contributed by atoms with van der Waals surface area (Å²) in [4.78, 5) is 0. The van der Waals surface area contributed by atoms with Crippen LogP contribution in [0.15, 0.2) is 91.0 Å². The molecule has 1 unspecified atom stereocenters. The van der Waals surface area contributed by atoms with Crippen LogP contribution in [-0.2, 0) is 19.8 Å². The van der Waals surface area contributed by atoms with Crippen LogP contribution < -0.4 is 10.6 Å². The first-order chi connectivity index (χ1) is 11.3. The van der Waals surface area contributed by atoms with Crippen LogP contribution in [-0.4, -0.2) is 0 Å². The molecule has 0 amide bonds. The Balaban J connectivity index is 1.92. The molecule has 0 radical (unpaired) electrons. The van der Waals surface area contributed by atoms with E-state index in [0.717, 1.165) is 0 Å². The molecule has 0 aromatic heterocycles. The van der Waals surface area contributed by atoms with Crippen molar-refractivity contribution in [2.45, 2.75) is 4.09 Å². The van der Waals surface area contributed by atoms with Gasteiger partial charge in [0.1, 0.15) is 0 Å². The summed E-state index contributed by atoms with van der Waals surface area (Å²) in [5.41, 5.74) is 2.58. The fraction of sp³-hybridized carbons (Fsp3) is 0.0476. The predicted molar refractivity (Wildman–Crippen MR) is 96.2 cm³/mol. The van der Waals surface area contributed by atoms with Crippen molar-refractivity contribution in [2.24, 2.45) is 0 Å². The van der Waals surface area contributed by atoms with E-state index in [4.69, 9.17) is 15.7 Å². The van der Waals surface area contributed by atoms with Crippen LogP contribution in [0, 0.1) is 0 Å². The van der Waals surface area contributed by atoms with E-state index >= 15 is 0 Å². The van der Waals surface area contributed by atoms with Gasteiger partial charge >= 0.3 is 147 Å². The Morgan fingerprint density at radius 3 is 1.78 bits per heavy atom. The van der Waals surface area contributed by atoms with Crippen molar-refractivity contribution < 1.29 is 15.7 Å². The summed E-state index contributed by atoms with van der Waals surface area (Å²) >= 11 is 5.28. The standard InChI is InChI=1S/C21H16P.Co/c1-3-10-18(11-4-1)22(19-12-5-2-6-13-19)21-16-15-17-9-7-8-14-20(17)21;/h1-16H;.